The van der Waals surface area contributed by atoms with E-state index in [0.717, 1.165) is 11.8 Å². The molecule has 1 saturated heterocycles. The van der Waals surface area contributed by atoms with Crippen molar-refractivity contribution in [3.8, 4) is 0 Å². The van der Waals surface area contributed by atoms with Gasteiger partial charge in [0.05, 0.1) is 18.8 Å². The quantitative estimate of drug-likeness (QED) is 0.231. The fraction of sp³-hybridized carbons (Fsp3) is 0.800. The molecule has 1 heterocycles. The molecule has 0 saturated carbocycles. The number of carbonyl (C=O) groups excluding carboxylic acids is 3. The molecule has 0 unspecified atom stereocenters. The molecule has 1 aliphatic rings. The molecule has 0 radical (unpaired) electrons. The van der Waals surface area contributed by atoms with Gasteiger partial charge >= 0.3 is 5.97 Å². The number of aliphatic hydroxyl groups excluding tert-OH is 4. The van der Waals surface area contributed by atoms with Crippen LogP contribution >= 0.6 is 0 Å². The van der Waals surface area contributed by atoms with Crippen molar-refractivity contribution < 1.29 is 49.4 Å². The summed E-state index contributed by atoms with van der Waals surface area (Å²) in [4.78, 5) is 36.1. The van der Waals surface area contributed by atoms with Crippen molar-refractivity contribution in [2.75, 3.05) is 27.3 Å². The molecule has 1 aliphatic heterocycles. The zero-order valence-electron chi connectivity index (χ0n) is 15.2. The third kappa shape index (κ3) is 5.82. The maximum Gasteiger partial charge on any atom is 0.367 e. The van der Waals surface area contributed by atoms with Crippen LogP contribution in [0.2, 0.25) is 0 Å². The van der Waals surface area contributed by atoms with E-state index in [1.54, 1.807) is 0 Å². The van der Waals surface area contributed by atoms with Crippen molar-refractivity contribution in [1.29, 1.82) is 0 Å². The maximum atomic E-state index is 12.2. The summed E-state index contributed by atoms with van der Waals surface area (Å²) in [5.41, 5.74) is 0. The number of carbonyl (C=O) groups is 3. The number of rotatable bonds is 7. The molecular weight excluding hydrogens is 368 g/mol. The van der Waals surface area contributed by atoms with Gasteiger partial charge in [-0.3, -0.25) is 9.59 Å². The molecule has 0 bridgehead atoms. The monoisotopic (exact) mass is 394 g/mol. The molecule has 1 fully saturated rings. The molecule has 1 rings (SSSR count). The van der Waals surface area contributed by atoms with Gasteiger partial charge in [-0.2, -0.15) is 0 Å². The molecule has 2 amide bonds. The van der Waals surface area contributed by atoms with Crippen LogP contribution in [0.4, 0.5) is 0 Å². The van der Waals surface area contributed by atoms with Gasteiger partial charge in [0.1, 0.15) is 18.3 Å². The summed E-state index contributed by atoms with van der Waals surface area (Å²) in [6.45, 7) is -0.458. The Morgan fingerprint density at radius 3 is 2.41 bits per heavy atom. The Morgan fingerprint density at radius 1 is 1.33 bits per heavy atom. The first-order valence-electron chi connectivity index (χ1n) is 8.12. The molecule has 0 aromatic heterocycles. The minimum absolute atomic E-state index is 0.577. The van der Waals surface area contributed by atoms with Crippen molar-refractivity contribution in [2.24, 2.45) is 0 Å². The third-order valence-electron chi connectivity index (χ3n) is 4.02. The summed E-state index contributed by atoms with van der Waals surface area (Å²) >= 11 is 0. The van der Waals surface area contributed by atoms with Crippen molar-refractivity contribution in [3.63, 3.8) is 0 Å². The largest absolute Gasteiger partial charge is 0.452 e. The average molecular weight is 394 g/mol. The van der Waals surface area contributed by atoms with E-state index in [1.165, 1.54) is 14.1 Å². The Labute approximate surface area is 155 Å². The van der Waals surface area contributed by atoms with Crippen molar-refractivity contribution >= 4 is 17.8 Å². The second kappa shape index (κ2) is 9.39. The Kier molecular flexibility index (Phi) is 8.07. The number of nitrogens with zero attached hydrogens (tertiary/aromatic N) is 1. The smallest absolute Gasteiger partial charge is 0.367 e. The van der Waals surface area contributed by atoms with Gasteiger partial charge in [0.15, 0.2) is 6.61 Å². The zero-order chi connectivity index (χ0) is 20.9. The van der Waals surface area contributed by atoms with E-state index < -0.39 is 73.7 Å². The van der Waals surface area contributed by atoms with Crippen LogP contribution in [0.25, 0.3) is 0 Å². The average Bonchev–Trinajstić information content (AvgIpc) is 2.59. The van der Waals surface area contributed by atoms with E-state index in [9.17, 15) is 34.8 Å². The van der Waals surface area contributed by atoms with E-state index >= 15 is 0 Å². The molecule has 6 N–H and O–H groups in total. The molecule has 12 heteroatoms. The summed E-state index contributed by atoms with van der Waals surface area (Å²) in [6.07, 6.45) is -7.58. The first-order chi connectivity index (χ1) is 12.4. The van der Waals surface area contributed by atoms with Crippen molar-refractivity contribution in [3.05, 3.63) is 0 Å². The number of hydrogen-bond acceptors (Lipinski definition) is 10. The Bertz CT molecular complexity index is 557. The second-order valence-electron chi connectivity index (χ2n) is 6.47. The number of likely N-dealkylation sites (N-methyl/N-ethyl adjacent to an activating group) is 1. The normalized spacial score (nSPS) is 30.1. The molecular formula is C15H26N2O10. The van der Waals surface area contributed by atoms with E-state index in [2.05, 4.69) is 5.32 Å². The SMILES string of the molecule is CC(=O)N[C@H]1[C@H]([C@H](O)[C@H](O)CO)O[C@](O)(C(=O)OCC(=O)N(C)C)C[C@@H]1O. The predicted octanol–water partition coefficient (Wildman–Crippen LogP) is -4.32. The number of hydrogen-bond donors (Lipinski definition) is 6. The lowest BCUT2D eigenvalue weighted by atomic mass is 9.88. The first-order valence-corrected chi connectivity index (χ1v) is 8.12. The van der Waals surface area contributed by atoms with Crippen LogP contribution in [-0.4, -0.2) is 112 Å². The highest BCUT2D eigenvalue weighted by Gasteiger charge is 2.54. The summed E-state index contributed by atoms with van der Waals surface area (Å²) in [6, 6.07) is -1.30. The third-order valence-corrected chi connectivity index (χ3v) is 4.02. The van der Waals surface area contributed by atoms with E-state index in [1.807, 2.05) is 0 Å². The van der Waals surface area contributed by atoms with Crippen LogP contribution in [0.15, 0.2) is 0 Å². The number of esters is 1. The highest BCUT2D eigenvalue weighted by atomic mass is 16.7. The van der Waals surface area contributed by atoms with Crippen LogP contribution in [0.1, 0.15) is 13.3 Å². The Morgan fingerprint density at radius 2 is 1.93 bits per heavy atom. The summed E-state index contributed by atoms with van der Waals surface area (Å²) in [7, 11) is 2.85. The van der Waals surface area contributed by atoms with Gasteiger partial charge in [0, 0.05) is 27.4 Å². The Balaban J connectivity index is 3.02. The van der Waals surface area contributed by atoms with Gasteiger partial charge in [-0.05, 0) is 0 Å². The van der Waals surface area contributed by atoms with Crippen molar-refractivity contribution in [1.82, 2.24) is 10.2 Å². The van der Waals surface area contributed by atoms with Crippen LogP contribution in [-0.2, 0) is 23.9 Å². The fourth-order valence-electron chi connectivity index (χ4n) is 2.50. The van der Waals surface area contributed by atoms with E-state index in [4.69, 9.17) is 14.6 Å². The Hall–Kier alpha value is -1.83. The van der Waals surface area contributed by atoms with Gasteiger partial charge in [-0.25, -0.2) is 4.79 Å². The molecule has 0 aromatic carbocycles. The van der Waals surface area contributed by atoms with Crippen LogP contribution in [0.3, 0.4) is 0 Å². The van der Waals surface area contributed by atoms with Gasteiger partial charge in [0.25, 0.3) is 11.7 Å². The molecule has 0 spiro atoms. The second-order valence-corrected chi connectivity index (χ2v) is 6.47. The van der Waals surface area contributed by atoms with Crippen molar-refractivity contribution in [2.45, 2.75) is 49.6 Å². The van der Waals surface area contributed by atoms with E-state index in [-0.39, 0.29) is 0 Å². The minimum atomic E-state index is -2.75. The highest BCUT2D eigenvalue weighted by Crippen LogP contribution is 2.31. The summed E-state index contributed by atoms with van der Waals surface area (Å²) in [5.74, 6) is -5.33. The topological polar surface area (TPSA) is 186 Å². The highest BCUT2D eigenvalue weighted by molar-refractivity contribution is 5.83. The number of amides is 2. The first kappa shape index (κ1) is 23.2. The van der Waals surface area contributed by atoms with Gasteiger partial charge < -0.3 is 45.2 Å². The lowest BCUT2D eigenvalue weighted by molar-refractivity contribution is -0.297. The molecule has 12 nitrogen and oxygen atoms in total. The molecule has 0 aromatic rings. The number of ether oxygens (including phenoxy) is 2. The minimum Gasteiger partial charge on any atom is -0.452 e. The lowest BCUT2D eigenvalue weighted by Crippen LogP contribution is -2.67. The number of aliphatic hydroxyl groups is 5. The van der Waals surface area contributed by atoms with E-state index in [0.29, 0.717) is 0 Å². The lowest BCUT2D eigenvalue weighted by Gasteiger charge is -2.45. The standard InChI is InChI=1S/C15H26N2O10/c1-7(19)16-11-8(20)4-15(25,14(24)26-6-10(22)17(2)3)27-13(11)12(23)9(21)5-18/h8-9,11-13,18,20-21,23,25H,4-6H2,1-3H3,(H,16,19)/t8-,9+,11+,12+,13+,15-/m0/s1. The van der Waals surface area contributed by atoms with Crippen LogP contribution in [0.5, 0.6) is 0 Å². The zero-order valence-corrected chi connectivity index (χ0v) is 15.2. The number of nitrogens with one attached hydrogen (secondary N) is 1. The predicted molar refractivity (Wildman–Crippen MR) is 86.8 cm³/mol. The van der Waals surface area contributed by atoms with Gasteiger partial charge in [-0.1, -0.05) is 0 Å². The maximum absolute atomic E-state index is 12.2. The van der Waals surface area contributed by atoms with Crippen LogP contribution < -0.4 is 5.32 Å². The van der Waals surface area contributed by atoms with Gasteiger partial charge in [-0.15, -0.1) is 0 Å². The molecule has 27 heavy (non-hydrogen) atoms. The molecule has 156 valence electrons. The summed E-state index contributed by atoms with van der Waals surface area (Å²) < 4.78 is 9.85. The molecule has 0 aliphatic carbocycles. The van der Waals surface area contributed by atoms with Gasteiger partial charge in [0.2, 0.25) is 5.91 Å². The summed E-state index contributed by atoms with van der Waals surface area (Å²) in [5, 5.41) is 51.7. The van der Waals surface area contributed by atoms with Crippen LogP contribution in [0, 0.1) is 0 Å². The molecule has 6 atom stereocenters. The fourth-order valence-corrected chi connectivity index (χ4v) is 2.50.